The van der Waals surface area contributed by atoms with E-state index in [1.54, 1.807) is 0 Å². The van der Waals surface area contributed by atoms with E-state index in [2.05, 4.69) is 174 Å². The van der Waals surface area contributed by atoms with Gasteiger partial charge >= 0.3 is 214 Å². The van der Waals surface area contributed by atoms with Gasteiger partial charge in [-0.15, -0.1) is 0 Å². The molecule has 0 amide bonds. The quantitative estimate of drug-likeness (QED) is 0.338. The molecule has 0 heterocycles. The van der Waals surface area contributed by atoms with Crippen molar-refractivity contribution in [3.63, 3.8) is 0 Å². The second-order valence-electron chi connectivity index (χ2n) is 10.1. The Labute approximate surface area is 214 Å². The standard InChI is InChI=1S/C18H56N12P4/c1-22(2)32(23(3)4,24(5)6)19-31(20-33(25(7)8,26(9)10)27(11)12)21-34(28(13)14,29(15)16)30(17)18/h19,32H,1-18H3. The van der Waals surface area contributed by atoms with Crippen molar-refractivity contribution in [1.29, 1.82) is 0 Å². The molecule has 0 radical (unpaired) electrons. The second kappa shape index (κ2) is 13.6. The summed E-state index contributed by atoms with van der Waals surface area (Å²) >= 11 is 0. The molecular weight excluding hydrogens is 508 g/mol. The predicted molar refractivity (Wildman–Crippen MR) is 160 cm³/mol. The van der Waals surface area contributed by atoms with E-state index >= 15 is 0 Å². The molecule has 0 saturated heterocycles. The normalized spacial score (nSPS) is 15.1. The minimum atomic E-state index is -2.48. The van der Waals surface area contributed by atoms with Crippen molar-refractivity contribution in [2.24, 2.45) is 9.03 Å². The first-order chi connectivity index (χ1) is 15.3. The van der Waals surface area contributed by atoms with Gasteiger partial charge in [-0.25, -0.2) is 0 Å². The van der Waals surface area contributed by atoms with E-state index in [0.29, 0.717) is 0 Å². The average Bonchev–Trinajstić information content (AvgIpc) is 2.64. The van der Waals surface area contributed by atoms with Crippen molar-refractivity contribution in [2.75, 3.05) is 127 Å². The molecule has 0 fully saturated rings. The zero-order chi connectivity index (χ0) is 27.4. The Morgan fingerprint density at radius 1 is 0.441 bits per heavy atom. The Kier molecular flexibility index (Phi) is 14.0. The van der Waals surface area contributed by atoms with Gasteiger partial charge in [-0.2, -0.15) is 0 Å². The van der Waals surface area contributed by atoms with Crippen molar-refractivity contribution in [3.8, 4) is 0 Å². The van der Waals surface area contributed by atoms with Gasteiger partial charge < -0.3 is 0 Å². The third kappa shape index (κ3) is 6.86. The van der Waals surface area contributed by atoms with Crippen LogP contribution in [0.3, 0.4) is 0 Å². The average molecular weight is 565 g/mol. The summed E-state index contributed by atoms with van der Waals surface area (Å²) in [7, 11) is 30.1. The van der Waals surface area contributed by atoms with Crippen LogP contribution in [0.2, 0.25) is 0 Å². The maximum absolute atomic E-state index is 5.65. The van der Waals surface area contributed by atoms with Crippen LogP contribution in [0.25, 0.3) is 0 Å². The third-order valence-corrected chi connectivity index (χ3v) is 21.2. The van der Waals surface area contributed by atoms with Crippen molar-refractivity contribution >= 4 is 31.3 Å². The molecule has 0 unspecified atom stereocenters. The van der Waals surface area contributed by atoms with Crippen LogP contribution in [-0.4, -0.2) is 169 Å². The van der Waals surface area contributed by atoms with E-state index in [4.69, 9.17) is 9.03 Å². The van der Waals surface area contributed by atoms with Crippen LogP contribution >= 0.6 is 31.3 Å². The van der Waals surface area contributed by atoms with E-state index in [1.165, 1.54) is 0 Å². The molecule has 12 nitrogen and oxygen atoms in total. The van der Waals surface area contributed by atoms with E-state index in [-0.39, 0.29) is 0 Å². The van der Waals surface area contributed by atoms with Crippen LogP contribution < -0.4 is 4.86 Å². The molecule has 34 heavy (non-hydrogen) atoms. The number of nitrogens with zero attached hydrogens (tertiary/aromatic N) is 11. The van der Waals surface area contributed by atoms with E-state index in [1.807, 2.05) is 0 Å². The molecule has 0 saturated carbocycles. The molecule has 16 heteroatoms. The Balaban J connectivity index is 7.71. The van der Waals surface area contributed by atoms with Crippen LogP contribution in [-0.2, 0) is 0 Å². The van der Waals surface area contributed by atoms with Gasteiger partial charge in [0.1, 0.15) is 0 Å². The summed E-state index contributed by atoms with van der Waals surface area (Å²) in [5.74, 6) is 0. The van der Waals surface area contributed by atoms with Gasteiger partial charge in [-0.05, 0) is 0 Å². The summed E-state index contributed by atoms with van der Waals surface area (Å²) in [4.78, 5) is 4.05. The van der Waals surface area contributed by atoms with Gasteiger partial charge in [0.15, 0.2) is 0 Å². The van der Waals surface area contributed by atoms with Gasteiger partial charge in [0, 0.05) is 0 Å². The van der Waals surface area contributed by atoms with Crippen LogP contribution in [0.5, 0.6) is 0 Å². The predicted octanol–water partition coefficient (Wildman–Crippen LogP) is 3.16. The molecule has 0 rings (SSSR count). The molecule has 208 valence electrons. The molecule has 0 bridgehead atoms. The molecule has 0 aromatic rings. The van der Waals surface area contributed by atoms with Crippen LogP contribution in [0.1, 0.15) is 0 Å². The third-order valence-electron chi connectivity index (χ3n) is 5.75. The fourth-order valence-corrected chi connectivity index (χ4v) is 22.0. The zero-order valence-corrected chi connectivity index (χ0v) is 28.9. The van der Waals surface area contributed by atoms with Gasteiger partial charge in [0.25, 0.3) is 0 Å². The van der Waals surface area contributed by atoms with Gasteiger partial charge in [-0.3, -0.25) is 0 Å². The Morgan fingerprint density at radius 2 is 0.647 bits per heavy atom. The summed E-state index contributed by atoms with van der Waals surface area (Å²) < 4.78 is 31.8. The monoisotopic (exact) mass is 564 g/mol. The molecule has 0 spiro atoms. The molecule has 1 N–H and O–H groups in total. The molecule has 0 aliphatic carbocycles. The van der Waals surface area contributed by atoms with E-state index in [9.17, 15) is 0 Å². The number of rotatable bonds is 13. The van der Waals surface area contributed by atoms with Crippen LogP contribution in [0, 0.1) is 0 Å². The van der Waals surface area contributed by atoms with E-state index in [0.717, 1.165) is 0 Å². The number of hydrogen-bond donors (Lipinski definition) is 1. The number of hydrogen-bond acceptors (Lipinski definition) is 6. The fourth-order valence-electron chi connectivity index (χ4n) is 4.55. The van der Waals surface area contributed by atoms with E-state index < -0.39 is 31.3 Å². The van der Waals surface area contributed by atoms with Gasteiger partial charge in [0.2, 0.25) is 0 Å². The SMILES string of the molecule is CN(C)P(=NP(N=P(N(C)C)(N(C)C)N(C)C)N[PH](N(C)C)(N(C)C)N(C)C)(N(C)C)N(C)C. The molecular formula is C18H56N12P4. The van der Waals surface area contributed by atoms with Crippen molar-refractivity contribution in [1.82, 2.24) is 46.9 Å². The van der Waals surface area contributed by atoms with Crippen LogP contribution in [0.15, 0.2) is 9.03 Å². The summed E-state index contributed by atoms with van der Waals surface area (Å²) in [6.45, 7) is 0. The first kappa shape index (κ1) is 34.9. The summed E-state index contributed by atoms with van der Waals surface area (Å²) in [5.41, 5.74) is 0. The maximum atomic E-state index is 5.65. The van der Waals surface area contributed by atoms with Crippen molar-refractivity contribution in [2.45, 2.75) is 0 Å². The topological polar surface area (TPSA) is 65.9 Å². The molecule has 0 aliphatic rings. The zero-order valence-electron chi connectivity index (χ0n) is 25.3. The first-order valence-electron chi connectivity index (χ1n) is 11.2. The summed E-state index contributed by atoms with van der Waals surface area (Å²) in [5, 5.41) is 0. The summed E-state index contributed by atoms with van der Waals surface area (Å²) in [6, 6.07) is 0. The Morgan fingerprint density at radius 3 is 0.794 bits per heavy atom. The second-order valence-corrected chi connectivity index (χ2v) is 23.9. The van der Waals surface area contributed by atoms with Gasteiger partial charge in [-0.1, -0.05) is 0 Å². The Bertz CT molecular complexity index is 612. The summed E-state index contributed by atoms with van der Waals surface area (Å²) in [6.07, 6.45) is 0. The van der Waals surface area contributed by atoms with Gasteiger partial charge in [0.05, 0.1) is 0 Å². The molecule has 0 atom stereocenters. The molecule has 0 aromatic heterocycles. The fraction of sp³-hybridized carbons (Fsp3) is 1.00. The van der Waals surface area contributed by atoms with Crippen molar-refractivity contribution in [3.05, 3.63) is 0 Å². The molecule has 0 aromatic carbocycles. The minimum absolute atomic E-state index is 1.33. The number of nitrogens with one attached hydrogen (secondary N) is 1. The van der Waals surface area contributed by atoms with Crippen molar-refractivity contribution < 1.29 is 0 Å². The first-order valence-corrected chi connectivity index (χ1v) is 17.5. The molecule has 0 aliphatic heterocycles. The van der Waals surface area contributed by atoms with Crippen LogP contribution in [0.4, 0.5) is 0 Å². The Hall–Kier alpha value is 0.920.